The number of carbonyl (C=O) groups is 1. The first-order chi connectivity index (χ1) is 8.66. The lowest BCUT2D eigenvalue weighted by Crippen LogP contribution is -1.94. The summed E-state index contributed by atoms with van der Waals surface area (Å²) in [7, 11) is 0. The molecule has 0 unspecified atom stereocenters. The Hall–Kier alpha value is -2.02. The van der Waals surface area contributed by atoms with Crippen molar-refractivity contribution in [1.82, 2.24) is 5.16 Å². The van der Waals surface area contributed by atoms with Crippen LogP contribution in [0.15, 0.2) is 27.2 Å². The SMILES string of the molecule is O=C(O)c1cc(-c2ccc3c(c2Br)OCO3)on1. The smallest absolute Gasteiger partial charge is 0.358 e. The van der Waals surface area contributed by atoms with E-state index in [1.165, 1.54) is 6.07 Å². The van der Waals surface area contributed by atoms with Crippen molar-refractivity contribution in [2.45, 2.75) is 0 Å². The second-order valence-corrected chi connectivity index (χ2v) is 4.34. The maximum atomic E-state index is 10.7. The Morgan fingerprint density at radius 2 is 2.22 bits per heavy atom. The predicted octanol–water partition coefficient (Wildman–Crippen LogP) is 2.53. The van der Waals surface area contributed by atoms with Gasteiger partial charge in [-0.25, -0.2) is 4.79 Å². The molecular formula is C11H6BrNO5. The Kier molecular flexibility index (Phi) is 2.48. The molecule has 0 saturated heterocycles. The summed E-state index contributed by atoms with van der Waals surface area (Å²) in [6, 6.07) is 4.82. The number of aromatic carboxylic acids is 1. The van der Waals surface area contributed by atoms with Crippen LogP contribution in [0.1, 0.15) is 10.5 Å². The molecule has 6 nitrogen and oxygen atoms in total. The Labute approximate surface area is 109 Å². The van der Waals surface area contributed by atoms with Crippen LogP contribution in [0.2, 0.25) is 0 Å². The van der Waals surface area contributed by atoms with Crippen LogP contribution in [0.4, 0.5) is 0 Å². The van der Waals surface area contributed by atoms with E-state index < -0.39 is 5.97 Å². The van der Waals surface area contributed by atoms with Gasteiger partial charge in [0.25, 0.3) is 0 Å². The van der Waals surface area contributed by atoms with Crippen molar-refractivity contribution >= 4 is 21.9 Å². The molecule has 3 rings (SSSR count). The fraction of sp³-hybridized carbons (Fsp3) is 0.0909. The molecule has 1 aliphatic rings. The number of hydrogen-bond acceptors (Lipinski definition) is 5. The first-order valence-electron chi connectivity index (χ1n) is 4.95. The van der Waals surface area contributed by atoms with Gasteiger partial charge in [0.15, 0.2) is 23.0 Å². The van der Waals surface area contributed by atoms with Crippen LogP contribution in [0, 0.1) is 0 Å². The van der Waals surface area contributed by atoms with Gasteiger partial charge in [-0.1, -0.05) is 5.16 Å². The highest BCUT2D eigenvalue weighted by molar-refractivity contribution is 9.10. The first kappa shape index (κ1) is 11.1. The number of fused-ring (bicyclic) bond motifs is 1. The summed E-state index contributed by atoms with van der Waals surface area (Å²) in [4.78, 5) is 10.7. The summed E-state index contributed by atoms with van der Waals surface area (Å²) in [5.41, 5.74) is 0.508. The van der Waals surface area contributed by atoms with Crippen LogP contribution in [-0.2, 0) is 0 Å². The maximum Gasteiger partial charge on any atom is 0.358 e. The van der Waals surface area contributed by atoms with E-state index in [0.717, 1.165) is 0 Å². The summed E-state index contributed by atoms with van der Waals surface area (Å²) in [6.07, 6.45) is 0. The molecule has 2 heterocycles. The summed E-state index contributed by atoms with van der Waals surface area (Å²) in [5.74, 6) is 0.406. The molecule has 92 valence electrons. The Morgan fingerprint density at radius 3 is 2.94 bits per heavy atom. The Balaban J connectivity index is 2.09. The lowest BCUT2D eigenvalue weighted by atomic mass is 10.1. The number of hydrogen-bond donors (Lipinski definition) is 1. The number of aromatic nitrogens is 1. The number of halogens is 1. The number of carboxylic acid groups (broad SMARTS) is 1. The van der Waals surface area contributed by atoms with Gasteiger partial charge in [0.1, 0.15) is 0 Å². The zero-order valence-electron chi connectivity index (χ0n) is 8.84. The quantitative estimate of drug-likeness (QED) is 0.917. The molecule has 18 heavy (non-hydrogen) atoms. The minimum atomic E-state index is -1.14. The van der Waals surface area contributed by atoms with Gasteiger partial charge in [0.2, 0.25) is 6.79 Å². The third-order valence-electron chi connectivity index (χ3n) is 2.47. The van der Waals surface area contributed by atoms with Gasteiger partial charge in [-0.05, 0) is 28.1 Å². The number of ether oxygens (including phenoxy) is 2. The molecule has 1 aromatic heterocycles. The second kappa shape index (κ2) is 4.02. The summed E-state index contributed by atoms with van der Waals surface area (Å²) in [6.45, 7) is 0.161. The highest BCUT2D eigenvalue weighted by atomic mass is 79.9. The fourth-order valence-corrected chi connectivity index (χ4v) is 2.27. The molecule has 1 aliphatic heterocycles. The van der Waals surface area contributed by atoms with Crippen molar-refractivity contribution in [2.24, 2.45) is 0 Å². The van der Waals surface area contributed by atoms with E-state index in [-0.39, 0.29) is 12.5 Å². The molecule has 0 fully saturated rings. The lowest BCUT2D eigenvalue weighted by Gasteiger charge is -2.03. The van der Waals surface area contributed by atoms with E-state index in [4.69, 9.17) is 19.1 Å². The second-order valence-electron chi connectivity index (χ2n) is 3.54. The van der Waals surface area contributed by atoms with Crippen LogP contribution in [0.25, 0.3) is 11.3 Å². The fourth-order valence-electron chi connectivity index (χ4n) is 1.63. The van der Waals surface area contributed by atoms with E-state index in [0.29, 0.717) is 27.3 Å². The Bertz CT molecular complexity index is 636. The van der Waals surface area contributed by atoms with Crippen LogP contribution < -0.4 is 9.47 Å². The standard InChI is InChI=1S/C11H6BrNO5/c12-9-5(1-2-7-10(9)17-4-16-7)8-3-6(11(14)15)13-18-8/h1-3H,4H2,(H,14,15). The first-order valence-corrected chi connectivity index (χ1v) is 5.74. The molecular weight excluding hydrogens is 306 g/mol. The van der Waals surface area contributed by atoms with E-state index in [9.17, 15) is 4.79 Å². The number of benzene rings is 1. The van der Waals surface area contributed by atoms with Crippen molar-refractivity contribution < 1.29 is 23.9 Å². The van der Waals surface area contributed by atoms with Gasteiger partial charge in [0.05, 0.1) is 4.47 Å². The third-order valence-corrected chi connectivity index (χ3v) is 3.26. The predicted molar refractivity (Wildman–Crippen MR) is 62.7 cm³/mol. The molecule has 0 aliphatic carbocycles. The summed E-state index contributed by atoms with van der Waals surface area (Å²) < 4.78 is 16.2. The Morgan fingerprint density at radius 1 is 1.39 bits per heavy atom. The van der Waals surface area contributed by atoms with Gasteiger partial charge in [-0.2, -0.15) is 0 Å². The number of rotatable bonds is 2. The van der Waals surface area contributed by atoms with Gasteiger partial charge in [-0.3, -0.25) is 0 Å². The summed E-state index contributed by atoms with van der Waals surface area (Å²) in [5, 5.41) is 12.2. The monoisotopic (exact) mass is 311 g/mol. The maximum absolute atomic E-state index is 10.7. The lowest BCUT2D eigenvalue weighted by molar-refractivity contribution is 0.0686. The van der Waals surface area contributed by atoms with Crippen LogP contribution in [-0.4, -0.2) is 23.0 Å². The molecule has 7 heteroatoms. The average Bonchev–Trinajstić information content (AvgIpc) is 2.97. The van der Waals surface area contributed by atoms with E-state index in [2.05, 4.69) is 21.1 Å². The molecule has 1 aromatic carbocycles. The molecule has 0 saturated carbocycles. The normalized spacial score (nSPS) is 12.7. The molecule has 0 radical (unpaired) electrons. The molecule has 0 amide bonds. The molecule has 0 spiro atoms. The molecule has 1 N–H and O–H groups in total. The molecule has 2 aromatic rings. The molecule has 0 atom stereocenters. The van der Waals surface area contributed by atoms with Gasteiger partial charge in [0, 0.05) is 11.6 Å². The summed E-state index contributed by atoms with van der Waals surface area (Å²) >= 11 is 3.38. The van der Waals surface area contributed by atoms with Gasteiger partial charge in [-0.15, -0.1) is 0 Å². The zero-order chi connectivity index (χ0) is 12.7. The van der Waals surface area contributed by atoms with E-state index in [1.54, 1.807) is 12.1 Å². The van der Waals surface area contributed by atoms with Crippen molar-refractivity contribution in [3.63, 3.8) is 0 Å². The van der Waals surface area contributed by atoms with Crippen molar-refractivity contribution in [1.29, 1.82) is 0 Å². The van der Waals surface area contributed by atoms with Gasteiger partial charge < -0.3 is 19.1 Å². The van der Waals surface area contributed by atoms with Crippen molar-refractivity contribution in [2.75, 3.05) is 6.79 Å². The number of nitrogens with zero attached hydrogens (tertiary/aromatic N) is 1. The minimum Gasteiger partial charge on any atom is -0.476 e. The largest absolute Gasteiger partial charge is 0.476 e. The van der Waals surface area contributed by atoms with Crippen LogP contribution >= 0.6 is 15.9 Å². The van der Waals surface area contributed by atoms with Crippen molar-refractivity contribution in [3.05, 3.63) is 28.4 Å². The van der Waals surface area contributed by atoms with E-state index >= 15 is 0 Å². The highest BCUT2D eigenvalue weighted by Gasteiger charge is 2.22. The topological polar surface area (TPSA) is 81.8 Å². The van der Waals surface area contributed by atoms with E-state index in [1.807, 2.05) is 0 Å². The van der Waals surface area contributed by atoms with Gasteiger partial charge >= 0.3 is 5.97 Å². The van der Waals surface area contributed by atoms with Crippen LogP contribution in [0.5, 0.6) is 11.5 Å². The zero-order valence-corrected chi connectivity index (χ0v) is 10.4. The van der Waals surface area contributed by atoms with Crippen molar-refractivity contribution in [3.8, 4) is 22.8 Å². The van der Waals surface area contributed by atoms with Crippen LogP contribution in [0.3, 0.4) is 0 Å². The highest BCUT2D eigenvalue weighted by Crippen LogP contribution is 2.44. The minimum absolute atomic E-state index is 0.144. The molecule has 0 bridgehead atoms. The average molecular weight is 312 g/mol. The number of carboxylic acids is 1. The third kappa shape index (κ3) is 1.63.